The lowest BCUT2D eigenvalue weighted by Crippen LogP contribution is -2.49. The van der Waals surface area contributed by atoms with Crippen LogP contribution >= 0.6 is 0 Å². The van der Waals surface area contributed by atoms with Crippen molar-refractivity contribution in [3.05, 3.63) is 0 Å². The van der Waals surface area contributed by atoms with Crippen LogP contribution in [0.5, 0.6) is 0 Å². The van der Waals surface area contributed by atoms with E-state index in [0.717, 1.165) is 4.90 Å². The Morgan fingerprint density at radius 2 is 2.04 bits per heavy atom. The fourth-order valence-corrected chi connectivity index (χ4v) is 3.05. The van der Waals surface area contributed by atoms with E-state index in [-0.39, 0.29) is 26.2 Å². The van der Waals surface area contributed by atoms with Gasteiger partial charge in [-0.3, -0.25) is 14.2 Å². The van der Waals surface area contributed by atoms with Crippen LogP contribution in [0.2, 0.25) is 0 Å². The molecular weight excluding hydrogens is 376 g/mol. The molecule has 0 aromatic rings. The minimum atomic E-state index is -4.84. The van der Waals surface area contributed by atoms with Crippen LogP contribution in [0, 0.1) is 0 Å². The molecule has 2 atom stereocenters. The third-order valence-electron chi connectivity index (χ3n) is 3.71. The highest BCUT2D eigenvalue weighted by atomic mass is 32.3. The van der Waals surface area contributed by atoms with Gasteiger partial charge in [0.1, 0.15) is 19.3 Å². The lowest BCUT2D eigenvalue weighted by Gasteiger charge is -2.28. The number of carbonyl (C=O) groups is 3. The third-order valence-corrected chi connectivity index (χ3v) is 4.06. The van der Waals surface area contributed by atoms with E-state index < -0.39 is 40.5 Å². The molecule has 26 heavy (non-hydrogen) atoms. The van der Waals surface area contributed by atoms with Gasteiger partial charge in [0.25, 0.3) is 5.91 Å². The van der Waals surface area contributed by atoms with E-state index in [0.29, 0.717) is 18.0 Å². The van der Waals surface area contributed by atoms with Gasteiger partial charge in [0.05, 0.1) is 6.04 Å². The SMILES string of the molecule is CCNC(=O)OCCONC(=O)[C@@H]1CC[C@@H]2CN1C(=O)N2OS(=O)(=O)O. The van der Waals surface area contributed by atoms with Gasteiger partial charge >= 0.3 is 22.5 Å². The number of rotatable bonds is 8. The summed E-state index contributed by atoms with van der Waals surface area (Å²) in [5.41, 5.74) is 2.15. The van der Waals surface area contributed by atoms with Crippen molar-refractivity contribution in [3.8, 4) is 0 Å². The quantitative estimate of drug-likeness (QED) is 0.259. The van der Waals surface area contributed by atoms with Gasteiger partial charge < -0.3 is 15.0 Å². The first-order chi connectivity index (χ1) is 12.2. The molecule has 0 aliphatic carbocycles. The number of nitrogens with zero attached hydrogens (tertiary/aromatic N) is 2. The minimum absolute atomic E-state index is 0.0761. The molecule has 2 bridgehead atoms. The number of ether oxygens (including phenoxy) is 1. The summed E-state index contributed by atoms with van der Waals surface area (Å²) in [6, 6.07) is -2.30. The maximum absolute atomic E-state index is 12.2. The van der Waals surface area contributed by atoms with Gasteiger partial charge in [0.2, 0.25) is 0 Å². The highest BCUT2D eigenvalue weighted by Crippen LogP contribution is 2.30. The molecule has 2 aliphatic rings. The van der Waals surface area contributed by atoms with Gasteiger partial charge in [0, 0.05) is 13.1 Å². The molecular formula is C12H20N4O9S. The number of urea groups is 1. The highest BCUT2D eigenvalue weighted by Gasteiger charge is 2.49. The predicted molar refractivity (Wildman–Crippen MR) is 82.5 cm³/mol. The largest absolute Gasteiger partial charge is 0.447 e. The van der Waals surface area contributed by atoms with E-state index in [1.807, 2.05) is 0 Å². The Hall–Kier alpha value is -2.16. The van der Waals surface area contributed by atoms with Crippen molar-refractivity contribution in [1.29, 1.82) is 0 Å². The van der Waals surface area contributed by atoms with Crippen molar-refractivity contribution in [2.24, 2.45) is 0 Å². The Kier molecular flexibility index (Phi) is 6.57. The van der Waals surface area contributed by atoms with Gasteiger partial charge in [-0.25, -0.2) is 15.1 Å². The van der Waals surface area contributed by atoms with Gasteiger partial charge in [-0.1, -0.05) is 0 Å². The van der Waals surface area contributed by atoms with Gasteiger partial charge in [-0.2, -0.15) is 13.5 Å². The lowest BCUT2D eigenvalue weighted by atomic mass is 10.0. The fourth-order valence-electron chi connectivity index (χ4n) is 2.67. The molecule has 0 unspecified atom stereocenters. The average Bonchev–Trinajstić information content (AvgIpc) is 2.78. The number of nitrogens with one attached hydrogen (secondary N) is 2. The first kappa shape index (κ1) is 20.2. The van der Waals surface area contributed by atoms with Crippen molar-refractivity contribution in [1.82, 2.24) is 20.8 Å². The molecule has 4 amide bonds. The topological polar surface area (TPSA) is 164 Å². The van der Waals surface area contributed by atoms with Crippen molar-refractivity contribution in [2.75, 3.05) is 26.3 Å². The summed E-state index contributed by atoms with van der Waals surface area (Å²) < 4.78 is 39.4. The molecule has 3 N–H and O–H groups in total. The molecule has 2 aliphatic heterocycles. The van der Waals surface area contributed by atoms with E-state index >= 15 is 0 Å². The first-order valence-electron chi connectivity index (χ1n) is 7.82. The molecule has 2 heterocycles. The predicted octanol–water partition coefficient (Wildman–Crippen LogP) is -1.22. The average molecular weight is 396 g/mol. The molecule has 13 nitrogen and oxygen atoms in total. The molecule has 148 valence electrons. The number of amides is 4. The van der Waals surface area contributed by atoms with Crippen molar-refractivity contribution in [3.63, 3.8) is 0 Å². The highest BCUT2D eigenvalue weighted by molar-refractivity contribution is 7.80. The van der Waals surface area contributed by atoms with Gasteiger partial charge in [0.15, 0.2) is 0 Å². The van der Waals surface area contributed by atoms with Gasteiger partial charge in [-0.05, 0) is 19.8 Å². The van der Waals surface area contributed by atoms with Crippen LogP contribution in [0.15, 0.2) is 0 Å². The second kappa shape index (κ2) is 8.48. The summed E-state index contributed by atoms with van der Waals surface area (Å²) in [5.74, 6) is -0.608. The van der Waals surface area contributed by atoms with Crippen LogP contribution in [0.3, 0.4) is 0 Å². The van der Waals surface area contributed by atoms with Crippen LogP contribution in [-0.2, 0) is 29.1 Å². The first-order valence-corrected chi connectivity index (χ1v) is 9.18. The molecule has 0 spiro atoms. The molecule has 2 fully saturated rings. The van der Waals surface area contributed by atoms with Crippen molar-refractivity contribution in [2.45, 2.75) is 31.8 Å². The number of hydrogen-bond donors (Lipinski definition) is 3. The molecule has 0 aromatic heterocycles. The van der Waals surface area contributed by atoms with E-state index in [1.165, 1.54) is 0 Å². The number of alkyl carbamates (subject to hydrolysis) is 1. The van der Waals surface area contributed by atoms with Crippen molar-refractivity contribution < 1.29 is 41.2 Å². The van der Waals surface area contributed by atoms with Crippen LogP contribution in [0.1, 0.15) is 19.8 Å². The zero-order valence-corrected chi connectivity index (χ0v) is 14.7. The van der Waals surface area contributed by atoms with Crippen LogP contribution in [-0.4, -0.2) is 79.4 Å². The molecule has 2 rings (SSSR count). The Bertz CT molecular complexity index is 655. The molecule has 0 aromatic carbocycles. The smallest absolute Gasteiger partial charge is 0.418 e. The second-order valence-corrected chi connectivity index (χ2v) is 6.50. The van der Waals surface area contributed by atoms with E-state index in [2.05, 4.69) is 15.1 Å². The van der Waals surface area contributed by atoms with Crippen LogP contribution in [0.4, 0.5) is 9.59 Å². The second-order valence-electron chi connectivity index (χ2n) is 5.49. The van der Waals surface area contributed by atoms with Crippen molar-refractivity contribution >= 4 is 28.4 Å². The van der Waals surface area contributed by atoms with Gasteiger partial charge in [-0.15, -0.1) is 4.28 Å². The normalized spacial score (nSPS) is 22.3. The zero-order chi connectivity index (χ0) is 19.3. The minimum Gasteiger partial charge on any atom is -0.447 e. The summed E-state index contributed by atoms with van der Waals surface area (Å²) in [4.78, 5) is 41.4. The van der Waals surface area contributed by atoms with E-state index in [9.17, 15) is 22.8 Å². The monoisotopic (exact) mass is 396 g/mol. The summed E-state index contributed by atoms with van der Waals surface area (Å²) in [6.45, 7) is 2.05. The summed E-state index contributed by atoms with van der Waals surface area (Å²) in [6.07, 6.45) is -0.0509. The Morgan fingerprint density at radius 3 is 2.69 bits per heavy atom. The van der Waals surface area contributed by atoms with Crippen LogP contribution < -0.4 is 10.8 Å². The number of carbonyl (C=O) groups excluding carboxylic acids is 3. The molecule has 0 saturated carbocycles. The number of hydrogen-bond acceptors (Lipinski definition) is 8. The fraction of sp³-hybridized carbons (Fsp3) is 0.750. The lowest BCUT2D eigenvalue weighted by molar-refractivity contribution is -0.139. The maximum atomic E-state index is 12.2. The number of hydroxylamine groups is 3. The molecule has 2 saturated heterocycles. The molecule has 0 radical (unpaired) electrons. The summed E-state index contributed by atoms with van der Waals surface area (Å²) in [5, 5.41) is 2.96. The maximum Gasteiger partial charge on any atom is 0.418 e. The summed E-state index contributed by atoms with van der Waals surface area (Å²) in [7, 11) is -4.84. The Balaban J connectivity index is 1.78. The number of fused-ring (bicyclic) bond motifs is 2. The Labute approximate surface area is 149 Å². The zero-order valence-electron chi connectivity index (χ0n) is 13.9. The summed E-state index contributed by atoms with van der Waals surface area (Å²) >= 11 is 0. The standard InChI is InChI=1S/C12H20N4O9S/c1-2-13-11(18)23-5-6-24-14-10(17)9-4-3-8-7-15(9)12(19)16(8)25-26(20,21)22/h8-9H,2-7H2,1H3,(H,13,18)(H,14,17)(H,20,21,22)/t8-,9+/m1/s1. The molecule has 14 heteroatoms. The van der Waals surface area contributed by atoms with E-state index in [4.69, 9.17) is 14.1 Å². The number of piperidine rings is 1. The Morgan fingerprint density at radius 1 is 1.31 bits per heavy atom. The van der Waals surface area contributed by atoms with Crippen LogP contribution in [0.25, 0.3) is 0 Å². The third kappa shape index (κ3) is 5.17. The van der Waals surface area contributed by atoms with E-state index in [1.54, 1.807) is 6.92 Å².